The molecule has 90 valence electrons. The average Bonchev–Trinajstić information content (AvgIpc) is 2.16. The Kier molecular flexibility index (Phi) is 4.50. The first-order valence-corrected chi connectivity index (χ1v) is 7.16. The first kappa shape index (κ1) is 13.2. The molecule has 0 saturated carbocycles. The molecule has 0 aliphatic heterocycles. The van der Waals surface area contributed by atoms with Crippen LogP contribution in [0.15, 0.2) is 24.3 Å². The maximum absolute atomic E-state index is 11.7. The van der Waals surface area contributed by atoms with E-state index in [0.29, 0.717) is 0 Å². The van der Waals surface area contributed by atoms with Crippen molar-refractivity contribution in [3.05, 3.63) is 35.4 Å². The second-order valence-corrected chi connectivity index (χ2v) is 5.96. The zero-order valence-electron chi connectivity index (χ0n) is 10.0. The van der Waals surface area contributed by atoms with Gasteiger partial charge in [0.05, 0.1) is 5.75 Å². The third-order valence-electron chi connectivity index (χ3n) is 2.20. The molecule has 4 heteroatoms. The van der Waals surface area contributed by atoms with Crippen molar-refractivity contribution in [1.29, 1.82) is 0 Å². The summed E-state index contributed by atoms with van der Waals surface area (Å²) in [4.78, 5) is 0. The Morgan fingerprint density at radius 3 is 2.06 bits per heavy atom. The van der Waals surface area contributed by atoms with Crippen LogP contribution in [0.1, 0.15) is 31.9 Å². The van der Waals surface area contributed by atoms with Crippen molar-refractivity contribution < 1.29 is 8.42 Å². The van der Waals surface area contributed by atoms with Gasteiger partial charge in [-0.25, -0.2) is 13.1 Å². The number of sulfonamides is 1. The fourth-order valence-electron chi connectivity index (χ4n) is 1.49. The lowest BCUT2D eigenvalue weighted by atomic mass is 10.1. The summed E-state index contributed by atoms with van der Waals surface area (Å²) in [7, 11) is -3.20. The van der Waals surface area contributed by atoms with E-state index in [1.54, 1.807) is 0 Å². The van der Waals surface area contributed by atoms with Gasteiger partial charge >= 0.3 is 0 Å². The maximum atomic E-state index is 11.7. The topological polar surface area (TPSA) is 46.2 Å². The molecule has 0 heterocycles. The molecule has 0 amide bonds. The minimum Gasteiger partial charge on any atom is -0.212 e. The average molecular weight is 241 g/mol. The molecule has 16 heavy (non-hydrogen) atoms. The molecule has 0 unspecified atom stereocenters. The minimum absolute atomic E-state index is 0.0508. The molecule has 0 spiro atoms. The van der Waals surface area contributed by atoms with Gasteiger partial charge in [-0.1, -0.05) is 31.2 Å². The monoisotopic (exact) mass is 241 g/mol. The van der Waals surface area contributed by atoms with Gasteiger partial charge in [0.15, 0.2) is 0 Å². The van der Waals surface area contributed by atoms with Crippen LogP contribution in [0, 0.1) is 0 Å². The lowest BCUT2D eigenvalue weighted by Crippen LogP contribution is -2.31. The smallest absolute Gasteiger partial charge is 0.212 e. The highest BCUT2D eigenvalue weighted by Gasteiger charge is 2.12. The number of benzene rings is 1. The number of nitrogens with one attached hydrogen (secondary N) is 1. The van der Waals surface area contributed by atoms with Crippen LogP contribution in [-0.2, 0) is 22.2 Å². The van der Waals surface area contributed by atoms with E-state index in [-0.39, 0.29) is 11.8 Å². The molecule has 0 bridgehead atoms. The Labute approximate surface area is 97.9 Å². The van der Waals surface area contributed by atoms with Crippen molar-refractivity contribution in [2.45, 2.75) is 39.0 Å². The Morgan fingerprint density at radius 2 is 1.62 bits per heavy atom. The largest absolute Gasteiger partial charge is 0.216 e. The van der Waals surface area contributed by atoms with Gasteiger partial charge in [0.25, 0.3) is 0 Å². The molecule has 0 aromatic heterocycles. The number of hydrogen-bond acceptors (Lipinski definition) is 2. The zero-order chi connectivity index (χ0) is 12.2. The van der Waals surface area contributed by atoms with E-state index in [1.807, 2.05) is 38.1 Å². The van der Waals surface area contributed by atoms with E-state index in [2.05, 4.69) is 11.6 Å². The summed E-state index contributed by atoms with van der Waals surface area (Å²) in [5, 5.41) is 0. The summed E-state index contributed by atoms with van der Waals surface area (Å²) in [5.41, 5.74) is 2.04. The fourth-order valence-corrected chi connectivity index (χ4v) is 2.92. The molecular weight excluding hydrogens is 222 g/mol. The fraction of sp³-hybridized carbons (Fsp3) is 0.500. The molecular formula is C12H19NO2S. The molecule has 0 saturated heterocycles. The predicted octanol–water partition coefficient (Wildman–Crippen LogP) is 2.08. The van der Waals surface area contributed by atoms with Crippen molar-refractivity contribution in [2.24, 2.45) is 0 Å². The SMILES string of the molecule is CCc1ccc(CS(=O)(=O)NC(C)C)cc1. The van der Waals surface area contributed by atoms with Gasteiger partial charge in [0, 0.05) is 6.04 Å². The molecule has 1 aromatic carbocycles. The van der Waals surface area contributed by atoms with Crippen LogP contribution in [0.2, 0.25) is 0 Å². The molecule has 0 atom stereocenters. The van der Waals surface area contributed by atoms with Crippen LogP contribution in [0.4, 0.5) is 0 Å². The van der Waals surface area contributed by atoms with E-state index in [0.717, 1.165) is 12.0 Å². The summed E-state index contributed by atoms with van der Waals surface area (Å²) >= 11 is 0. The number of hydrogen-bond donors (Lipinski definition) is 1. The van der Waals surface area contributed by atoms with Crippen molar-refractivity contribution in [3.63, 3.8) is 0 Å². The third kappa shape index (κ3) is 4.33. The molecule has 0 aliphatic rings. The summed E-state index contributed by atoms with van der Waals surface area (Å²) in [6.07, 6.45) is 0.970. The molecule has 1 aromatic rings. The Bertz CT molecular complexity index is 421. The first-order valence-electron chi connectivity index (χ1n) is 5.51. The van der Waals surface area contributed by atoms with Crippen LogP contribution in [0.25, 0.3) is 0 Å². The normalized spacial score (nSPS) is 12.0. The van der Waals surface area contributed by atoms with Crippen LogP contribution < -0.4 is 4.72 Å². The Balaban J connectivity index is 2.72. The van der Waals surface area contributed by atoms with Gasteiger partial charge in [-0.2, -0.15) is 0 Å². The Hall–Kier alpha value is -0.870. The van der Waals surface area contributed by atoms with Gasteiger partial charge in [0.1, 0.15) is 0 Å². The minimum atomic E-state index is -3.20. The Morgan fingerprint density at radius 1 is 1.12 bits per heavy atom. The molecule has 0 fully saturated rings. The second kappa shape index (κ2) is 5.46. The van der Waals surface area contributed by atoms with Gasteiger partial charge < -0.3 is 0 Å². The van der Waals surface area contributed by atoms with Gasteiger partial charge in [-0.05, 0) is 31.4 Å². The van der Waals surface area contributed by atoms with E-state index in [4.69, 9.17) is 0 Å². The zero-order valence-corrected chi connectivity index (χ0v) is 10.8. The van der Waals surface area contributed by atoms with Crippen LogP contribution in [0.3, 0.4) is 0 Å². The van der Waals surface area contributed by atoms with Gasteiger partial charge in [-0.3, -0.25) is 0 Å². The highest BCUT2D eigenvalue weighted by molar-refractivity contribution is 7.88. The summed E-state index contributed by atoms with van der Waals surface area (Å²) < 4.78 is 25.9. The standard InChI is InChI=1S/C12H19NO2S/c1-4-11-5-7-12(8-6-11)9-16(14,15)13-10(2)3/h5-8,10,13H,4,9H2,1-3H3. The van der Waals surface area contributed by atoms with Crippen molar-refractivity contribution >= 4 is 10.0 Å². The van der Waals surface area contributed by atoms with E-state index in [9.17, 15) is 8.42 Å². The summed E-state index contributed by atoms with van der Waals surface area (Å²) in [5.74, 6) is 0.0508. The van der Waals surface area contributed by atoms with E-state index < -0.39 is 10.0 Å². The van der Waals surface area contributed by atoms with Crippen LogP contribution >= 0.6 is 0 Å². The van der Waals surface area contributed by atoms with Crippen molar-refractivity contribution in [2.75, 3.05) is 0 Å². The lowest BCUT2D eigenvalue weighted by Gasteiger charge is -2.09. The molecule has 0 aliphatic carbocycles. The molecule has 1 rings (SSSR count). The second-order valence-electron chi connectivity index (χ2n) is 4.20. The lowest BCUT2D eigenvalue weighted by molar-refractivity contribution is 0.569. The third-order valence-corrected chi connectivity index (χ3v) is 3.75. The summed E-state index contributed by atoms with van der Waals surface area (Å²) in [6.45, 7) is 5.71. The quantitative estimate of drug-likeness (QED) is 0.858. The van der Waals surface area contributed by atoms with Crippen LogP contribution in [0.5, 0.6) is 0 Å². The van der Waals surface area contributed by atoms with Crippen molar-refractivity contribution in [3.8, 4) is 0 Å². The van der Waals surface area contributed by atoms with E-state index >= 15 is 0 Å². The molecule has 3 nitrogen and oxygen atoms in total. The van der Waals surface area contributed by atoms with Crippen LogP contribution in [-0.4, -0.2) is 14.5 Å². The number of rotatable bonds is 5. The maximum Gasteiger partial charge on any atom is 0.216 e. The molecule has 1 N–H and O–H groups in total. The highest BCUT2D eigenvalue weighted by Crippen LogP contribution is 2.08. The van der Waals surface area contributed by atoms with Gasteiger partial charge in [0.2, 0.25) is 10.0 Å². The van der Waals surface area contributed by atoms with E-state index in [1.165, 1.54) is 5.56 Å². The molecule has 0 radical (unpaired) electrons. The highest BCUT2D eigenvalue weighted by atomic mass is 32.2. The predicted molar refractivity (Wildman–Crippen MR) is 66.7 cm³/mol. The first-order chi connectivity index (χ1) is 7.43. The van der Waals surface area contributed by atoms with Crippen molar-refractivity contribution in [1.82, 2.24) is 4.72 Å². The number of aryl methyl sites for hydroxylation is 1. The summed E-state index contributed by atoms with van der Waals surface area (Å²) in [6, 6.07) is 7.64. The van der Waals surface area contributed by atoms with Gasteiger partial charge in [-0.15, -0.1) is 0 Å².